The number of nitrogens with two attached hydrogens (primary N) is 1. The molecule has 0 aromatic carbocycles. The normalized spacial score (nSPS) is 22.9. The summed E-state index contributed by atoms with van der Waals surface area (Å²) >= 11 is 0. The van der Waals surface area contributed by atoms with Crippen LogP contribution in [-0.2, 0) is 4.74 Å². The van der Waals surface area contributed by atoms with Crippen molar-refractivity contribution in [3.8, 4) is 0 Å². The molecule has 1 rings (SSSR count). The molecule has 0 unspecified atom stereocenters. The number of hydrogen-bond acceptors (Lipinski definition) is 2. The summed E-state index contributed by atoms with van der Waals surface area (Å²) < 4.78 is 30.9. The standard InChI is InChI=1S/C7H13F2NO/c1-2-6(4-11-5-6)7(8,9)3-10/h2-5,10H2,1H3. The van der Waals surface area contributed by atoms with Crippen LogP contribution >= 0.6 is 0 Å². The Labute approximate surface area is 64.7 Å². The molecule has 1 aliphatic rings. The average Bonchev–Trinajstić information content (AvgIpc) is 1.86. The molecule has 2 nitrogen and oxygen atoms in total. The topological polar surface area (TPSA) is 35.2 Å². The third kappa shape index (κ3) is 1.14. The molecular formula is C7H13F2NO. The third-order valence-electron chi connectivity index (χ3n) is 2.47. The Kier molecular flexibility index (Phi) is 2.16. The van der Waals surface area contributed by atoms with Gasteiger partial charge in [-0.15, -0.1) is 0 Å². The fraction of sp³-hybridized carbons (Fsp3) is 1.00. The molecule has 1 heterocycles. The average molecular weight is 165 g/mol. The molecule has 0 radical (unpaired) electrons. The summed E-state index contributed by atoms with van der Waals surface area (Å²) in [5.74, 6) is -2.76. The number of ether oxygens (including phenoxy) is 1. The highest BCUT2D eigenvalue weighted by atomic mass is 19.3. The van der Waals surface area contributed by atoms with Crippen LogP contribution in [0.3, 0.4) is 0 Å². The molecule has 11 heavy (non-hydrogen) atoms. The van der Waals surface area contributed by atoms with Crippen LogP contribution in [0.2, 0.25) is 0 Å². The summed E-state index contributed by atoms with van der Waals surface area (Å²) in [5, 5.41) is 0. The van der Waals surface area contributed by atoms with Crippen LogP contribution < -0.4 is 5.73 Å². The van der Waals surface area contributed by atoms with E-state index >= 15 is 0 Å². The van der Waals surface area contributed by atoms with Crippen LogP contribution in [0.25, 0.3) is 0 Å². The quantitative estimate of drug-likeness (QED) is 0.677. The second-order valence-electron chi connectivity index (χ2n) is 3.04. The lowest BCUT2D eigenvalue weighted by atomic mass is 9.77. The van der Waals surface area contributed by atoms with Crippen LogP contribution in [0.5, 0.6) is 0 Å². The Morgan fingerprint density at radius 2 is 2.09 bits per heavy atom. The van der Waals surface area contributed by atoms with Crippen LogP contribution in [-0.4, -0.2) is 25.7 Å². The lowest BCUT2D eigenvalue weighted by Crippen LogP contribution is -2.58. The molecule has 0 spiro atoms. The first-order valence-corrected chi connectivity index (χ1v) is 3.73. The van der Waals surface area contributed by atoms with Gasteiger partial charge in [0, 0.05) is 0 Å². The summed E-state index contributed by atoms with van der Waals surface area (Å²) in [6.45, 7) is 1.46. The Morgan fingerprint density at radius 3 is 2.18 bits per heavy atom. The SMILES string of the molecule is CCC1(C(F)(F)CN)COC1. The highest BCUT2D eigenvalue weighted by molar-refractivity contribution is 4.97. The van der Waals surface area contributed by atoms with Gasteiger partial charge < -0.3 is 10.5 Å². The molecule has 0 aromatic heterocycles. The van der Waals surface area contributed by atoms with Gasteiger partial charge in [0.15, 0.2) is 0 Å². The Bertz CT molecular complexity index is 140. The molecule has 4 heteroatoms. The van der Waals surface area contributed by atoms with E-state index in [4.69, 9.17) is 10.5 Å². The molecule has 1 saturated heterocycles. The molecule has 0 amide bonds. The van der Waals surface area contributed by atoms with Gasteiger partial charge >= 0.3 is 0 Å². The van der Waals surface area contributed by atoms with Gasteiger partial charge in [0.2, 0.25) is 0 Å². The molecule has 1 aliphatic heterocycles. The van der Waals surface area contributed by atoms with Crippen molar-refractivity contribution < 1.29 is 13.5 Å². The zero-order valence-corrected chi connectivity index (χ0v) is 6.57. The van der Waals surface area contributed by atoms with E-state index in [0.717, 1.165) is 0 Å². The van der Waals surface area contributed by atoms with E-state index in [-0.39, 0.29) is 13.2 Å². The zero-order chi connectivity index (χ0) is 8.54. The minimum atomic E-state index is -2.76. The van der Waals surface area contributed by atoms with E-state index in [1.54, 1.807) is 6.92 Å². The lowest BCUT2D eigenvalue weighted by molar-refractivity contribution is -0.239. The van der Waals surface area contributed by atoms with Crippen molar-refractivity contribution in [3.05, 3.63) is 0 Å². The minimum absolute atomic E-state index is 0.147. The number of alkyl halides is 2. The van der Waals surface area contributed by atoms with Gasteiger partial charge in [-0.25, -0.2) is 8.78 Å². The Morgan fingerprint density at radius 1 is 1.55 bits per heavy atom. The number of hydrogen-bond donors (Lipinski definition) is 1. The molecule has 66 valence electrons. The van der Waals surface area contributed by atoms with Gasteiger partial charge in [-0.2, -0.15) is 0 Å². The molecular weight excluding hydrogens is 152 g/mol. The van der Waals surface area contributed by atoms with Crippen LogP contribution in [0.1, 0.15) is 13.3 Å². The number of rotatable bonds is 3. The summed E-state index contributed by atoms with van der Waals surface area (Å²) in [6, 6.07) is 0. The molecule has 0 aromatic rings. The third-order valence-corrected chi connectivity index (χ3v) is 2.47. The molecule has 0 saturated carbocycles. The molecule has 0 bridgehead atoms. The summed E-state index contributed by atoms with van der Waals surface area (Å²) in [6.07, 6.45) is 0.428. The fourth-order valence-electron chi connectivity index (χ4n) is 1.24. The van der Waals surface area contributed by atoms with Crippen molar-refractivity contribution >= 4 is 0 Å². The molecule has 2 N–H and O–H groups in total. The zero-order valence-electron chi connectivity index (χ0n) is 6.57. The van der Waals surface area contributed by atoms with Crippen LogP contribution in [0.4, 0.5) is 8.78 Å². The van der Waals surface area contributed by atoms with Gasteiger partial charge in [0.1, 0.15) is 0 Å². The fourth-order valence-corrected chi connectivity index (χ4v) is 1.24. The Balaban J connectivity index is 2.68. The van der Waals surface area contributed by atoms with Crippen molar-refractivity contribution in [1.29, 1.82) is 0 Å². The van der Waals surface area contributed by atoms with Crippen molar-refractivity contribution in [1.82, 2.24) is 0 Å². The van der Waals surface area contributed by atoms with Crippen molar-refractivity contribution in [2.45, 2.75) is 19.3 Å². The van der Waals surface area contributed by atoms with Crippen molar-refractivity contribution in [2.75, 3.05) is 19.8 Å². The van der Waals surface area contributed by atoms with Crippen LogP contribution in [0, 0.1) is 5.41 Å². The summed E-state index contributed by atoms with van der Waals surface area (Å²) in [4.78, 5) is 0. The maximum Gasteiger partial charge on any atom is 0.269 e. The highest BCUT2D eigenvalue weighted by Gasteiger charge is 2.56. The van der Waals surface area contributed by atoms with E-state index in [1.807, 2.05) is 0 Å². The van der Waals surface area contributed by atoms with Gasteiger partial charge in [0.25, 0.3) is 5.92 Å². The first-order valence-electron chi connectivity index (χ1n) is 3.73. The maximum absolute atomic E-state index is 13.0. The lowest BCUT2D eigenvalue weighted by Gasteiger charge is -2.45. The van der Waals surface area contributed by atoms with Crippen molar-refractivity contribution in [3.63, 3.8) is 0 Å². The van der Waals surface area contributed by atoms with Gasteiger partial charge in [-0.1, -0.05) is 6.92 Å². The largest absolute Gasteiger partial charge is 0.380 e. The van der Waals surface area contributed by atoms with Crippen LogP contribution in [0.15, 0.2) is 0 Å². The number of halogens is 2. The van der Waals surface area contributed by atoms with Crippen molar-refractivity contribution in [2.24, 2.45) is 11.1 Å². The first kappa shape index (κ1) is 8.87. The predicted octanol–water partition coefficient (Wildman–Crippen LogP) is 1.01. The smallest absolute Gasteiger partial charge is 0.269 e. The van der Waals surface area contributed by atoms with E-state index < -0.39 is 17.9 Å². The van der Waals surface area contributed by atoms with Gasteiger partial charge in [-0.05, 0) is 6.42 Å². The van der Waals surface area contributed by atoms with E-state index in [0.29, 0.717) is 6.42 Å². The second-order valence-corrected chi connectivity index (χ2v) is 3.04. The maximum atomic E-state index is 13.0. The molecule has 0 atom stereocenters. The van der Waals surface area contributed by atoms with Gasteiger partial charge in [0.05, 0.1) is 25.2 Å². The first-order chi connectivity index (χ1) is 5.08. The highest BCUT2D eigenvalue weighted by Crippen LogP contribution is 2.44. The second kappa shape index (κ2) is 2.68. The van der Waals surface area contributed by atoms with E-state index in [9.17, 15) is 8.78 Å². The predicted molar refractivity (Wildman–Crippen MR) is 37.5 cm³/mol. The van der Waals surface area contributed by atoms with E-state index in [2.05, 4.69) is 0 Å². The monoisotopic (exact) mass is 165 g/mol. The minimum Gasteiger partial charge on any atom is -0.380 e. The van der Waals surface area contributed by atoms with Gasteiger partial charge in [-0.3, -0.25) is 0 Å². The van der Waals surface area contributed by atoms with E-state index in [1.165, 1.54) is 0 Å². The summed E-state index contributed by atoms with van der Waals surface area (Å²) in [7, 11) is 0. The molecule has 0 aliphatic carbocycles. The Hall–Kier alpha value is -0.220. The molecule has 1 fully saturated rings. The summed E-state index contributed by atoms with van der Waals surface area (Å²) in [5.41, 5.74) is 4.00.